The van der Waals surface area contributed by atoms with Gasteiger partial charge in [-0.15, -0.1) is 11.8 Å². The second-order valence-electron chi connectivity index (χ2n) is 1.50. The third-order valence-electron chi connectivity index (χ3n) is 0.750. The Morgan fingerprint density at radius 3 is 1.00 bits per heavy atom. The van der Waals surface area contributed by atoms with Gasteiger partial charge in [0.1, 0.15) is 0 Å². The molecule has 0 unspecified atom stereocenters. The van der Waals surface area contributed by atoms with E-state index in [1.165, 1.54) is 12.8 Å². The highest BCUT2D eigenvalue weighted by Crippen LogP contribution is 1.76. The second-order valence-corrected chi connectivity index (χ2v) is 1.50. The van der Waals surface area contributed by atoms with E-state index >= 15 is 0 Å². The van der Waals surface area contributed by atoms with Crippen LogP contribution in [0.5, 0.6) is 0 Å². The van der Waals surface area contributed by atoms with Crippen molar-refractivity contribution in [2.75, 3.05) is 0 Å². The molecular weight excluding hydrogens is 120 g/mol. The second kappa shape index (κ2) is 38.6. The minimum Gasteiger partial charge on any atom is -0.107 e. The van der Waals surface area contributed by atoms with Crippen molar-refractivity contribution in [1.29, 1.82) is 0 Å². The van der Waals surface area contributed by atoms with Crippen LogP contribution in [0.15, 0.2) is 0 Å². The van der Waals surface area contributed by atoms with Crippen LogP contribution in [-0.2, 0) is 0 Å². The van der Waals surface area contributed by atoms with E-state index in [-0.39, 0.29) is 0 Å². The van der Waals surface area contributed by atoms with Crippen LogP contribution >= 0.6 is 0 Å². The van der Waals surface area contributed by atoms with E-state index in [2.05, 4.69) is 25.7 Å². The summed E-state index contributed by atoms with van der Waals surface area (Å²) in [6, 6.07) is 0. The van der Waals surface area contributed by atoms with Crippen LogP contribution in [-0.4, -0.2) is 0 Å². The van der Waals surface area contributed by atoms with Crippen molar-refractivity contribution in [3.05, 3.63) is 0 Å². The molecular formula is C10H22. The molecule has 0 aliphatic rings. The first-order chi connectivity index (χ1) is 4.83. The Hall–Kier alpha value is -0.440. The SMILES string of the molecule is CC.CC#CC.CCCC. The molecule has 0 aromatic carbocycles. The molecule has 10 heavy (non-hydrogen) atoms. The van der Waals surface area contributed by atoms with E-state index in [9.17, 15) is 0 Å². The highest BCUT2D eigenvalue weighted by molar-refractivity contribution is 4.89. The Kier molecular flexibility index (Phi) is 62.8. The van der Waals surface area contributed by atoms with Crippen molar-refractivity contribution in [2.45, 2.75) is 54.4 Å². The normalized spacial score (nSPS) is 5.00. The first-order valence-electron chi connectivity index (χ1n) is 4.16. The lowest BCUT2D eigenvalue weighted by Gasteiger charge is -1.68. The van der Waals surface area contributed by atoms with Gasteiger partial charge in [0.25, 0.3) is 0 Å². The van der Waals surface area contributed by atoms with Crippen molar-refractivity contribution >= 4 is 0 Å². The summed E-state index contributed by atoms with van der Waals surface area (Å²) in [5.41, 5.74) is 0. The number of rotatable bonds is 1. The third kappa shape index (κ3) is 134. The molecule has 0 atom stereocenters. The molecule has 0 spiro atoms. The minimum atomic E-state index is 1.32. The summed E-state index contributed by atoms with van der Waals surface area (Å²) in [7, 11) is 0. The van der Waals surface area contributed by atoms with Gasteiger partial charge in [0.05, 0.1) is 0 Å². The van der Waals surface area contributed by atoms with Crippen molar-refractivity contribution in [1.82, 2.24) is 0 Å². The van der Waals surface area contributed by atoms with Crippen LogP contribution in [0, 0.1) is 11.8 Å². The maximum Gasteiger partial charge on any atom is -0.00271 e. The molecule has 0 rings (SSSR count). The third-order valence-corrected chi connectivity index (χ3v) is 0.750. The van der Waals surface area contributed by atoms with E-state index in [1.807, 2.05) is 27.7 Å². The highest BCUT2D eigenvalue weighted by atomic mass is 13.6. The highest BCUT2D eigenvalue weighted by Gasteiger charge is 1.56. The van der Waals surface area contributed by atoms with Gasteiger partial charge in [-0.25, -0.2) is 0 Å². The van der Waals surface area contributed by atoms with E-state index in [4.69, 9.17) is 0 Å². The molecule has 0 saturated heterocycles. The molecule has 0 heteroatoms. The zero-order valence-electron chi connectivity index (χ0n) is 8.41. The van der Waals surface area contributed by atoms with Gasteiger partial charge in [-0.1, -0.05) is 40.5 Å². The van der Waals surface area contributed by atoms with Gasteiger partial charge in [0.15, 0.2) is 0 Å². The van der Waals surface area contributed by atoms with Crippen molar-refractivity contribution < 1.29 is 0 Å². The number of hydrogen-bond donors (Lipinski definition) is 0. The zero-order chi connectivity index (χ0) is 8.83. The minimum absolute atomic E-state index is 1.32. The molecule has 0 aromatic rings. The standard InChI is InChI=1S/C4H10.C4H6.C2H6/c2*1-3-4-2;1-2/h3-4H2,1-2H3;1-2H3;1-2H3. The summed E-state index contributed by atoms with van der Waals surface area (Å²) >= 11 is 0. The molecule has 0 heterocycles. The molecule has 62 valence electrons. The predicted molar refractivity (Wildman–Crippen MR) is 51.1 cm³/mol. The zero-order valence-corrected chi connectivity index (χ0v) is 8.41. The molecule has 0 aliphatic heterocycles. The molecule has 0 aliphatic carbocycles. The summed E-state index contributed by atoms with van der Waals surface area (Å²) in [5.74, 6) is 5.36. The van der Waals surface area contributed by atoms with Crippen molar-refractivity contribution in [3.63, 3.8) is 0 Å². The first kappa shape index (κ1) is 16.3. The van der Waals surface area contributed by atoms with Gasteiger partial charge in [-0.05, 0) is 13.8 Å². The first-order valence-corrected chi connectivity index (χ1v) is 4.16. The summed E-state index contributed by atoms with van der Waals surface area (Å²) in [6.45, 7) is 12.0. The molecule has 0 nitrogen and oxygen atoms in total. The van der Waals surface area contributed by atoms with E-state index in [1.54, 1.807) is 0 Å². The lowest BCUT2D eigenvalue weighted by atomic mass is 10.4. The predicted octanol–water partition coefficient (Wildman–Crippen LogP) is 3.86. The lowest BCUT2D eigenvalue weighted by Crippen LogP contribution is -1.47. The van der Waals surface area contributed by atoms with Gasteiger partial charge in [0.2, 0.25) is 0 Å². The number of hydrogen-bond acceptors (Lipinski definition) is 0. The van der Waals surface area contributed by atoms with Crippen LogP contribution in [0.25, 0.3) is 0 Å². The fraction of sp³-hybridized carbons (Fsp3) is 0.800. The molecule has 0 aromatic heterocycles. The average Bonchev–Trinajstić information content (AvgIpc) is 2.08. The Balaban J connectivity index is -0.0000000787. The van der Waals surface area contributed by atoms with E-state index in [0.717, 1.165) is 0 Å². The Morgan fingerprint density at radius 2 is 1.00 bits per heavy atom. The van der Waals surface area contributed by atoms with Gasteiger partial charge in [-0.3, -0.25) is 0 Å². The summed E-state index contributed by atoms with van der Waals surface area (Å²) < 4.78 is 0. The van der Waals surface area contributed by atoms with Gasteiger partial charge >= 0.3 is 0 Å². The van der Waals surface area contributed by atoms with Crippen LogP contribution in [0.3, 0.4) is 0 Å². The lowest BCUT2D eigenvalue weighted by molar-refractivity contribution is 0.886. The van der Waals surface area contributed by atoms with Gasteiger partial charge < -0.3 is 0 Å². The van der Waals surface area contributed by atoms with Crippen LogP contribution in [0.2, 0.25) is 0 Å². The molecule has 0 N–H and O–H groups in total. The summed E-state index contributed by atoms with van der Waals surface area (Å²) in [5, 5.41) is 0. The Bertz CT molecular complexity index is 53.8. The fourth-order valence-electron chi connectivity index (χ4n) is 0. The average molecular weight is 142 g/mol. The summed E-state index contributed by atoms with van der Waals surface area (Å²) in [6.07, 6.45) is 2.64. The Labute approximate surface area is 67.0 Å². The fourth-order valence-corrected chi connectivity index (χ4v) is 0. The van der Waals surface area contributed by atoms with Crippen LogP contribution < -0.4 is 0 Å². The topological polar surface area (TPSA) is 0 Å². The monoisotopic (exact) mass is 142 g/mol. The Morgan fingerprint density at radius 1 is 0.800 bits per heavy atom. The maximum atomic E-state index is 2.68. The van der Waals surface area contributed by atoms with Crippen molar-refractivity contribution in [3.8, 4) is 11.8 Å². The maximum absolute atomic E-state index is 2.68. The van der Waals surface area contributed by atoms with Gasteiger partial charge in [0, 0.05) is 0 Å². The number of unbranched alkanes of at least 4 members (excludes halogenated alkanes) is 1. The quantitative estimate of drug-likeness (QED) is 0.488. The van der Waals surface area contributed by atoms with Crippen LogP contribution in [0.1, 0.15) is 54.4 Å². The van der Waals surface area contributed by atoms with E-state index in [0.29, 0.717) is 0 Å². The molecule has 0 bridgehead atoms. The smallest absolute Gasteiger partial charge is 0.00271 e. The van der Waals surface area contributed by atoms with Crippen molar-refractivity contribution in [2.24, 2.45) is 0 Å². The molecule has 0 fully saturated rings. The summed E-state index contributed by atoms with van der Waals surface area (Å²) in [4.78, 5) is 0. The largest absolute Gasteiger partial charge is 0.107 e. The van der Waals surface area contributed by atoms with E-state index < -0.39 is 0 Å². The molecule has 0 radical (unpaired) electrons. The molecule has 0 amide bonds. The molecule has 0 saturated carbocycles. The van der Waals surface area contributed by atoms with Gasteiger partial charge in [-0.2, -0.15) is 0 Å². The van der Waals surface area contributed by atoms with Crippen LogP contribution in [0.4, 0.5) is 0 Å².